The summed E-state index contributed by atoms with van der Waals surface area (Å²) in [7, 11) is 2.19. The van der Waals surface area contributed by atoms with E-state index in [1.807, 2.05) is 0 Å². The number of fused-ring (bicyclic) bond motifs is 1. The first kappa shape index (κ1) is 29.7. The van der Waals surface area contributed by atoms with Crippen LogP contribution in [0.4, 0.5) is 39.5 Å². The van der Waals surface area contributed by atoms with Crippen LogP contribution in [-0.4, -0.2) is 22.4 Å². The summed E-state index contributed by atoms with van der Waals surface area (Å²) in [6.07, 6.45) is -15.1. The van der Waals surface area contributed by atoms with Crippen LogP contribution in [0.5, 0.6) is 0 Å². The Morgan fingerprint density at radius 1 is 0.756 bits per heavy atom. The molecule has 0 aliphatic heterocycles. The number of rotatable bonds is 4. The first-order valence-corrected chi connectivity index (χ1v) is 11.7. The maximum atomic E-state index is 14.0. The van der Waals surface area contributed by atoms with Crippen LogP contribution in [0.3, 0.4) is 0 Å². The van der Waals surface area contributed by atoms with E-state index in [2.05, 4.69) is 0 Å². The van der Waals surface area contributed by atoms with Crippen molar-refractivity contribution in [3.63, 3.8) is 0 Å². The van der Waals surface area contributed by atoms with Gasteiger partial charge in [-0.25, -0.2) is 0 Å². The van der Waals surface area contributed by atoms with Gasteiger partial charge in [0.25, 0.3) is 11.5 Å². The highest BCUT2D eigenvalue weighted by Gasteiger charge is 2.38. The molecule has 0 spiro atoms. The Balaban J connectivity index is 1.93. The van der Waals surface area contributed by atoms with E-state index in [0.29, 0.717) is 12.1 Å². The largest absolute Gasteiger partial charge is 0.417 e. The molecule has 1 amide bonds. The van der Waals surface area contributed by atoms with E-state index in [0.717, 1.165) is 41.8 Å². The minimum Gasteiger partial charge on any atom is -0.336 e. The number of pyridine rings is 1. The van der Waals surface area contributed by atoms with Crippen LogP contribution >= 0.6 is 0 Å². The molecule has 1 heterocycles. The number of aromatic nitrogens is 1. The number of hydrogen-bond donors (Lipinski definition) is 0. The van der Waals surface area contributed by atoms with Gasteiger partial charge in [0.15, 0.2) is 0 Å². The van der Waals surface area contributed by atoms with Gasteiger partial charge in [-0.1, -0.05) is 36.4 Å². The highest BCUT2D eigenvalue weighted by atomic mass is 19.4. The lowest BCUT2D eigenvalue weighted by Crippen LogP contribution is -2.33. The highest BCUT2D eigenvalue weighted by molar-refractivity contribution is 6.08. The van der Waals surface area contributed by atoms with E-state index in [1.54, 1.807) is 0 Å². The molecule has 0 radical (unpaired) electrons. The van der Waals surface area contributed by atoms with E-state index in [9.17, 15) is 49.1 Å². The Hall–Kier alpha value is -4.29. The lowest BCUT2D eigenvalue weighted by molar-refractivity contribution is -0.143. The maximum Gasteiger partial charge on any atom is 0.417 e. The van der Waals surface area contributed by atoms with Crippen LogP contribution in [0.2, 0.25) is 0 Å². The minimum atomic E-state index is -5.13. The molecule has 0 N–H and O–H groups in total. The number of nitrogens with zero attached hydrogens (tertiary/aromatic N) is 2. The Morgan fingerprint density at radius 2 is 1.27 bits per heavy atom. The topological polar surface area (TPSA) is 42.3 Å². The molecule has 0 atom stereocenters. The fraction of sp³-hybridized carbons (Fsp3) is 0.214. The monoisotopic (exact) mass is 586 g/mol. The number of alkyl halides is 9. The molecule has 0 aliphatic carbocycles. The minimum absolute atomic E-state index is 0.00229. The molecule has 0 saturated heterocycles. The summed E-state index contributed by atoms with van der Waals surface area (Å²) in [5.74, 6) is -1.10. The van der Waals surface area contributed by atoms with Crippen LogP contribution in [0, 0.1) is 0 Å². The van der Waals surface area contributed by atoms with Gasteiger partial charge in [0.05, 0.1) is 16.7 Å². The molecule has 41 heavy (non-hydrogen) atoms. The van der Waals surface area contributed by atoms with Crippen molar-refractivity contribution in [2.45, 2.75) is 25.1 Å². The zero-order chi connectivity index (χ0) is 30.5. The van der Waals surface area contributed by atoms with Crippen LogP contribution in [0.1, 0.15) is 32.7 Å². The van der Waals surface area contributed by atoms with Gasteiger partial charge in [0.1, 0.15) is 5.69 Å². The number of halogens is 9. The van der Waals surface area contributed by atoms with E-state index in [4.69, 9.17) is 0 Å². The van der Waals surface area contributed by atoms with Crippen molar-refractivity contribution in [3.8, 4) is 11.1 Å². The number of amides is 1. The van der Waals surface area contributed by atoms with Crippen LogP contribution in [0.15, 0.2) is 71.5 Å². The molecule has 0 fully saturated rings. The fourth-order valence-electron chi connectivity index (χ4n) is 4.57. The van der Waals surface area contributed by atoms with Gasteiger partial charge >= 0.3 is 18.5 Å². The maximum absolute atomic E-state index is 14.0. The third kappa shape index (κ3) is 5.79. The Bertz CT molecular complexity index is 1670. The normalized spacial score (nSPS) is 12.6. The predicted octanol–water partition coefficient (Wildman–Crippen LogP) is 7.53. The van der Waals surface area contributed by atoms with Crippen LogP contribution in [0.25, 0.3) is 21.9 Å². The molecule has 0 unspecified atom stereocenters. The van der Waals surface area contributed by atoms with Gasteiger partial charge in [0, 0.05) is 31.6 Å². The molecule has 4 nitrogen and oxygen atoms in total. The Labute approximate surface area is 226 Å². The van der Waals surface area contributed by atoms with E-state index < -0.39 is 70.1 Å². The van der Waals surface area contributed by atoms with Gasteiger partial charge in [-0.15, -0.1) is 0 Å². The van der Waals surface area contributed by atoms with E-state index in [-0.39, 0.29) is 22.4 Å². The second-order valence-corrected chi connectivity index (χ2v) is 9.25. The lowest BCUT2D eigenvalue weighted by Gasteiger charge is -2.24. The SMILES string of the molecule is CN(Cc1cc(C(F)(F)F)cc(C(F)(F)F)c1)C(=O)c1c(-c2ccccc2C(F)(F)F)c2ccccc2c(=O)n1C. The second-order valence-electron chi connectivity index (χ2n) is 9.25. The van der Waals surface area contributed by atoms with Crippen molar-refractivity contribution < 1.29 is 44.3 Å². The first-order chi connectivity index (χ1) is 18.9. The fourth-order valence-corrected chi connectivity index (χ4v) is 4.57. The number of carbonyl (C=O) groups is 1. The van der Waals surface area contributed by atoms with Crippen molar-refractivity contribution in [1.82, 2.24) is 9.47 Å². The van der Waals surface area contributed by atoms with Gasteiger partial charge < -0.3 is 9.47 Å². The van der Waals surface area contributed by atoms with Crippen molar-refractivity contribution in [1.29, 1.82) is 0 Å². The molecule has 0 saturated carbocycles. The van der Waals surface area contributed by atoms with Crippen molar-refractivity contribution in [2.24, 2.45) is 7.05 Å². The van der Waals surface area contributed by atoms with Gasteiger partial charge in [-0.3, -0.25) is 9.59 Å². The lowest BCUT2D eigenvalue weighted by atomic mass is 9.92. The summed E-state index contributed by atoms with van der Waals surface area (Å²) in [4.78, 5) is 27.6. The number of benzene rings is 3. The first-order valence-electron chi connectivity index (χ1n) is 11.7. The average molecular weight is 586 g/mol. The third-order valence-corrected chi connectivity index (χ3v) is 6.42. The van der Waals surface area contributed by atoms with Gasteiger partial charge in [0.2, 0.25) is 0 Å². The quantitative estimate of drug-likeness (QED) is 0.232. The van der Waals surface area contributed by atoms with E-state index in [1.165, 1.54) is 30.3 Å². The number of carbonyl (C=O) groups excluding carboxylic acids is 1. The molecule has 216 valence electrons. The summed E-state index contributed by atoms with van der Waals surface area (Å²) in [5.41, 5.74) is -6.84. The summed E-state index contributed by atoms with van der Waals surface area (Å²) >= 11 is 0. The molecule has 1 aromatic heterocycles. The zero-order valence-electron chi connectivity index (χ0n) is 21.2. The van der Waals surface area contributed by atoms with E-state index >= 15 is 0 Å². The van der Waals surface area contributed by atoms with Crippen molar-refractivity contribution in [3.05, 3.63) is 105 Å². The molecule has 0 bridgehead atoms. The summed E-state index contributed by atoms with van der Waals surface area (Å²) in [5, 5.41) is -0.00338. The summed E-state index contributed by atoms with van der Waals surface area (Å²) < 4.78 is 123. The Morgan fingerprint density at radius 3 is 1.80 bits per heavy atom. The predicted molar refractivity (Wildman–Crippen MR) is 132 cm³/mol. The third-order valence-electron chi connectivity index (χ3n) is 6.42. The van der Waals surface area contributed by atoms with Crippen molar-refractivity contribution in [2.75, 3.05) is 7.05 Å². The summed E-state index contributed by atoms with van der Waals surface area (Å²) in [6, 6.07) is 10.8. The molecule has 0 aliphatic rings. The highest BCUT2D eigenvalue weighted by Crippen LogP contribution is 2.41. The molecular weight excluding hydrogens is 567 g/mol. The molecule has 3 aromatic carbocycles. The second kappa shape index (κ2) is 10.3. The molecule has 13 heteroatoms. The molecule has 4 aromatic rings. The van der Waals surface area contributed by atoms with Crippen molar-refractivity contribution >= 4 is 16.7 Å². The van der Waals surface area contributed by atoms with Crippen LogP contribution in [-0.2, 0) is 32.1 Å². The number of hydrogen-bond acceptors (Lipinski definition) is 2. The smallest absolute Gasteiger partial charge is 0.336 e. The summed E-state index contributed by atoms with van der Waals surface area (Å²) in [6.45, 7) is -0.785. The zero-order valence-corrected chi connectivity index (χ0v) is 21.2. The van der Waals surface area contributed by atoms with Gasteiger partial charge in [-0.05, 0) is 46.8 Å². The standard InChI is InChI=1S/C28H19F9N2O2/c1-38(14-15-11-16(26(29,30)31)13-17(12-15)27(32,33)34)25(41)23-22(20-9-5-6-10-21(20)28(35,36)37)18-7-3-4-8-19(18)24(40)39(23)2/h3-13H,14H2,1-2H3. The van der Waals surface area contributed by atoms with Crippen LogP contribution < -0.4 is 5.56 Å². The Kier molecular flexibility index (Phi) is 7.44. The molecule has 4 rings (SSSR count). The average Bonchev–Trinajstić information content (AvgIpc) is 2.88. The molecular formula is C28H19F9N2O2. The van der Waals surface area contributed by atoms with Gasteiger partial charge in [-0.2, -0.15) is 39.5 Å².